The zero-order valence-corrected chi connectivity index (χ0v) is 11.5. The molecule has 3 heteroatoms. The van der Waals surface area contributed by atoms with Crippen molar-refractivity contribution in [3.05, 3.63) is 34.9 Å². The zero-order chi connectivity index (χ0) is 13.6. The van der Waals surface area contributed by atoms with Crippen molar-refractivity contribution in [3.8, 4) is 0 Å². The first-order valence-corrected chi connectivity index (χ1v) is 7.32. The van der Waals surface area contributed by atoms with Crippen LogP contribution in [0.2, 0.25) is 0 Å². The summed E-state index contributed by atoms with van der Waals surface area (Å²) in [5, 5.41) is 3.41. The van der Waals surface area contributed by atoms with Crippen LogP contribution in [0.4, 0.5) is 8.78 Å². The summed E-state index contributed by atoms with van der Waals surface area (Å²) in [6, 6.07) is 2.78. The van der Waals surface area contributed by atoms with Gasteiger partial charge in [-0.25, -0.2) is 8.78 Å². The van der Waals surface area contributed by atoms with E-state index >= 15 is 0 Å². The largest absolute Gasteiger partial charge is 0.310 e. The minimum absolute atomic E-state index is 0.0552. The maximum absolute atomic E-state index is 14.1. The van der Waals surface area contributed by atoms with E-state index in [0.717, 1.165) is 24.4 Å². The van der Waals surface area contributed by atoms with Gasteiger partial charge in [0.05, 0.1) is 0 Å². The third-order valence-electron chi connectivity index (χ3n) is 4.89. The van der Waals surface area contributed by atoms with Crippen LogP contribution in [0.1, 0.15) is 43.4 Å². The van der Waals surface area contributed by atoms with E-state index in [-0.39, 0.29) is 6.04 Å². The second-order valence-electron chi connectivity index (χ2n) is 5.99. The summed E-state index contributed by atoms with van der Waals surface area (Å²) in [6.45, 7) is 4.56. The van der Waals surface area contributed by atoms with Gasteiger partial charge in [-0.1, -0.05) is 13.3 Å². The van der Waals surface area contributed by atoms with Crippen molar-refractivity contribution in [2.75, 3.05) is 6.54 Å². The molecule has 1 nitrogen and oxygen atoms in total. The number of aryl methyl sites for hydroxylation is 1. The molecule has 3 atom stereocenters. The van der Waals surface area contributed by atoms with Crippen LogP contribution in [0, 0.1) is 36.3 Å². The van der Waals surface area contributed by atoms with E-state index in [0.29, 0.717) is 17.0 Å². The van der Waals surface area contributed by atoms with Gasteiger partial charge in [0.2, 0.25) is 0 Å². The van der Waals surface area contributed by atoms with Gasteiger partial charge in [0.1, 0.15) is 11.6 Å². The van der Waals surface area contributed by atoms with Crippen molar-refractivity contribution >= 4 is 0 Å². The first-order chi connectivity index (χ1) is 9.13. The van der Waals surface area contributed by atoms with Crippen LogP contribution < -0.4 is 5.32 Å². The van der Waals surface area contributed by atoms with E-state index in [2.05, 4.69) is 5.32 Å². The average Bonchev–Trinajstić information content (AvgIpc) is 2.82. The molecule has 2 saturated carbocycles. The summed E-state index contributed by atoms with van der Waals surface area (Å²) in [7, 11) is 0. The number of fused-ring (bicyclic) bond motifs is 1. The molecular formula is C16H21F2N. The lowest BCUT2D eigenvalue weighted by atomic mass is 9.95. The van der Waals surface area contributed by atoms with Crippen molar-refractivity contribution in [1.29, 1.82) is 0 Å². The van der Waals surface area contributed by atoms with Gasteiger partial charge >= 0.3 is 0 Å². The molecule has 2 aliphatic rings. The Bertz CT molecular complexity index is 476. The van der Waals surface area contributed by atoms with Crippen LogP contribution in [0.25, 0.3) is 0 Å². The van der Waals surface area contributed by atoms with Gasteiger partial charge in [-0.05, 0) is 55.7 Å². The fourth-order valence-electron chi connectivity index (χ4n) is 3.96. The predicted molar refractivity (Wildman–Crippen MR) is 71.8 cm³/mol. The number of hydrogen-bond acceptors (Lipinski definition) is 1. The molecular weight excluding hydrogens is 244 g/mol. The normalized spacial score (nSPS) is 30.2. The quantitative estimate of drug-likeness (QED) is 0.868. The topological polar surface area (TPSA) is 12.0 Å². The van der Waals surface area contributed by atoms with Crippen LogP contribution in [0.5, 0.6) is 0 Å². The first kappa shape index (κ1) is 13.0. The molecule has 0 heterocycles. The van der Waals surface area contributed by atoms with Gasteiger partial charge in [0, 0.05) is 17.7 Å². The number of rotatable bonds is 4. The Morgan fingerprint density at radius 3 is 2.53 bits per heavy atom. The summed E-state index contributed by atoms with van der Waals surface area (Å²) >= 11 is 0. The van der Waals surface area contributed by atoms with E-state index < -0.39 is 11.6 Å². The highest BCUT2D eigenvalue weighted by Crippen LogP contribution is 2.62. The van der Waals surface area contributed by atoms with Crippen LogP contribution >= 0.6 is 0 Å². The minimum atomic E-state index is -0.451. The third-order valence-corrected chi connectivity index (χ3v) is 4.89. The van der Waals surface area contributed by atoms with Crippen LogP contribution in [0.3, 0.4) is 0 Å². The van der Waals surface area contributed by atoms with Crippen LogP contribution in [-0.2, 0) is 0 Å². The molecule has 0 aromatic heterocycles. The Balaban J connectivity index is 1.90. The summed E-state index contributed by atoms with van der Waals surface area (Å²) in [4.78, 5) is 0. The van der Waals surface area contributed by atoms with Crippen LogP contribution in [0.15, 0.2) is 12.1 Å². The fourth-order valence-corrected chi connectivity index (χ4v) is 3.96. The van der Waals surface area contributed by atoms with E-state index in [9.17, 15) is 8.78 Å². The van der Waals surface area contributed by atoms with Crippen molar-refractivity contribution in [2.24, 2.45) is 17.8 Å². The van der Waals surface area contributed by atoms with Crippen LogP contribution in [-0.4, -0.2) is 6.54 Å². The molecule has 1 N–H and O–H groups in total. The van der Waals surface area contributed by atoms with Crippen molar-refractivity contribution in [3.63, 3.8) is 0 Å². The molecule has 0 bridgehead atoms. The van der Waals surface area contributed by atoms with Gasteiger partial charge < -0.3 is 5.32 Å². The molecule has 3 unspecified atom stereocenters. The Kier molecular flexibility index (Phi) is 3.34. The molecule has 2 aliphatic carbocycles. The Hall–Kier alpha value is -0.960. The fraction of sp³-hybridized carbons (Fsp3) is 0.625. The summed E-state index contributed by atoms with van der Waals surface area (Å²) < 4.78 is 27.5. The van der Waals surface area contributed by atoms with Gasteiger partial charge in [-0.2, -0.15) is 0 Å². The second-order valence-corrected chi connectivity index (χ2v) is 5.99. The SMILES string of the molecule is CCNC(c1cc(C)c(F)cc1F)C1C2CCCC21. The maximum atomic E-state index is 14.1. The minimum Gasteiger partial charge on any atom is -0.310 e. The molecule has 0 radical (unpaired) electrons. The molecule has 0 amide bonds. The van der Waals surface area contributed by atoms with Gasteiger partial charge in [-0.3, -0.25) is 0 Å². The number of hydrogen-bond donors (Lipinski definition) is 1. The van der Waals surface area contributed by atoms with Crippen molar-refractivity contribution in [1.82, 2.24) is 5.32 Å². The van der Waals surface area contributed by atoms with E-state index in [1.54, 1.807) is 13.0 Å². The number of benzene rings is 1. The molecule has 1 aromatic carbocycles. The molecule has 19 heavy (non-hydrogen) atoms. The Morgan fingerprint density at radius 2 is 1.89 bits per heavy atom. The van der Waals surface area contributed by atoms with E-state index in [1.165, 1.54) is 19.3 Å². The smallest absolute Gasteiger partial charge is 0.130 e. The third kappa shape index (κ3) is 2.18. The Morgan fingerprint density at radius 1 is 1.21 bits per heavy atom. The molecule has 1 aromatic rings. The van der Waals surface area contributed by atoms with Crippen molar-refractivity contribution < 1.29 is 8.78 Å². The number of nitrogens with one attached hydrogen (secondary N) is 1. The summed E-state index contributed by atoms with van der Waals surface area (Å²) in [5.41, 5.74) is 1.19. The molecule has 3 rings (SSSR count). The Labute approximate surface area is 113 Å². The highest BCUT2D eigenvalue weighted by atomic mass is 19.1. The first-order valence-electron chi connectivity index (χ1n) is 7.32. The lowest BCUT2D eigenvalue weighted by molar-refractivity contribution is 0.409. The highest BCUT2D eigenvalue weighted by Gasteiger charge is 2.56. The molecule has 0 saturated heterocycles. The number of halogens is 2. The lowest BCUT2D eigenvalue weighted by Gasteiger charge is -2.21. The van der Waals surface area contributed by atoms with Gasteiger partial charge in [0.25, 0.3) is 0 Å². The molecule has 104 valence electrons. The van der Waals surface area contributed by atoms with Gasteiger partial charge in [-0.15, -0.1) is 0 Å². The molecule has 2 fully saturated rings. The lowest BCUT2D eigenvalue weighted by Crippen LogP contribution is -2.25. The van der Waals surface area contributed by atoms with Gasteiger partial charge in [0.15, 0.2) is 0 Å². The molecule has 0 aliphatic heterocycles. The monoisotopic (exact) mass is 265 g/mol. The zero-order valence-electron chi connectivity index (χ0n) is 11.5. The predicted octanol–water partition coefficient (Wildman–Crippen LogP) is 3.97. The highest BCUT2D eigenvalue weighted by molar-refractivity contribution is 5.30. The standard InChI is InChI=1S/C16H21F2N/c1-3-19-16(15-10-5-4-6-11(10)15)12-7-9(2)13(17)8-14(12)18/h7-8,10-11,15-16,19H,3-6H2,1-2H3. The maximum Gasteiger partial charge on any atom is 0.130 e. The second kappa shape index (κ2) is 4.86. The molecule has 0 spiro atoms. The average molecular weight is 265 g/mol. The van der Waals surface area contributed by atoms with E-state index in [1.807, 2.05) is 6.92 Å². The van der Waals surface area contributed by atoms with Crippen molar-refractivity contribution in [2.45, 2.75) is 39.2 Å². The summed E-state index contributed by atoms with van der Waals surface area (Å²) in [6.07, 6.45) is 3.87. The summed E-state index contributed by atoms with van der Waals surface area (Å²) in [5.74, 6) is 1.21. The van der Waals surface area contributed by atoms with E-state index in [4.69, 9.17) is 0 Å².